The van der Waals surface area contributed by atoms with Crippen LogP contribution in [0.25, 0.3) is 0 Å². The van der Waals surface area contributed by atoms with Crippen LogP contribution in [-0.2, 0) is 6.54 Å². The van der Waals surface area contributed by atoms with Gasteiger partial charge >= 0.3 is 0 Å². The topological polar surface area (TPSA) is 86.6 Å². The van der Waals surface area contributed by atoms with Crippen LogP contribution in [0.4, 0.5) is 4.39 Å². The smallest absolute Gasteiger partial charge is 0.278 e. The first-order valence-corrected chi connectivity index (χ1v) is 9.95. The van der Waals surface area contributed by atoms with E-state index in [0.717, 1.165) is 12.6 Å². The van der Waals surface area contributed by atoms with Crippen LogP contribution < -0.4 is 0 Å². The second-order valence-electron chi connectivity index (χ2n) is 7.30. The first-order valence-electron chi connectivity index (χ1n) is 9.95. The maximum absolute atomic E-state index is 13.4. The van der Waals surface area contributed by atoms with E-state index in [4.69, 9.17) is 0 Å². The van der Waals surface area contributed by atoms with Crippen molar-refractivity contribution in [2.75, 3.05) is 6.54 Å². The number of likely N-dealkylation sites (tertiary alicyclic amines) is 1. The van der Waals surface area contributed by atoms with Gasteiger partial charge in [-0.3, -0.25) is 9.59 Å². The molecule has 0 spiro atoms. The number of carbonyl (C=O) groups excluding carboxylic acids is 2. The van der Waals surface area contributed by atoms with Gasteiger partial charge in [0.2, 0.25) is 0 Å². The first-order chi connectivity index (χ1) is 15.0. The van der Waals surface area contributed by atoms with Crippen molar-refractivity contribution in [2.45, 2.75) is 25.6 Å². The van der Waals surface area contributed by atoms with Gasteiger partial charge in [0.1, 0.15) is 18.3 Å². The second-order valence-corrected chi connectivity index (χ2v) is 7.30. The lowest BCUT2D eigenvalue weighted by atomic mass is 10.1. The van der Waals surface area contributed by atoms with Crippen LogP contribution in [0.2, 0.25) is 0 Å². The van der Waals surface area contributed by atoms with Crippen LogP contribution in [0, 0.1) is 5.82 Å². The Hall–Kier alpha value is -3.81. The predicted molar refractivity (Wildman–Crippen MR) is 110 cm³/mol. The summed E-state index contributed by atoms with van der Waals surface area (Å²) in [5.41, 5.74) is 1.09. The van der Waals surface area contributed by atoms with Crippen molar-refractivity contribution < 1.29 is 19.1 Å². The summed E-state index contributed by atoms with van der Waals surface area (Å²) >= 11 is 0. The number of aromatic hydroxyl groups is 1. The summed E-state index contributed by atoms with van der Waals surface area (Å²) in [5.74, 6) is -1.42. The van der Waals surface area contributed by atoms with E-state index in [9.17, 15) is 19.1 Å². The van der Waals surface area contributed by atoms with Crippen molar-refractivity contribution in [1.82, 2.24) is 19.8 Å². The molecule has 158 valence electrons. The van der Waals surface area contributed by atoms with Crippen molar-refractivity contribution in [3.05, 3.63) is 89.8 Å². The fraction of sp³-hybridized carbons (Fsp3) is 0.217. The molecule has 0 radical (unpaired) electrons. The molecule has 1 fully saturated rings. The maximum Gasteiger partial charge on any atom is 0.278 e. The van der Waals surface area contributed by atoms with Gasteiger partial charge in [0.25, 0.3) is 11.8 Å². The highest BCUT2D eigenvalue weighted by Gasteiger charge is 2.37. The van der Waals surface area contributed by atoms with Crippen LogP contribution in [0.3, 0.4) is 0 Å². The molecular formula is C23H21FN4O3. The fourth-order valence-electron chi connectivity index (χ4n) is 3.78. The Labute approximate surface area is 178 Å². The Kier molecular flexibility index (Phi) is 5.88. The third-order valence-corrected chi connectivity index (χ3v) is 5.29. The lowest BCUT2D eigenvalue weighted by Crippen LogP contribution is -2.49. The molecule has 1 aliphatic heterocycles. The number of amides is 2. The molecule has 31 heavy (non-hydrogen) atoms. The molecule has 8 heteroatoms. The van der Waals surface area contributed by atoms with E-state index in [1.54, 1.807) is 41.3 Å². The average molecular weight is 420 g/mol. The average Bonchev–Trinajstić information content (AvgIpc) is 3.28. The first kappa shape index (κ1) is 20.5. The number of aromatic nitrogens is 2. The van der Waals surface area contributed by atoms with E-state index in [1.807, 2.05) is 6.07 Å². The molecule has 1 saturated heterocycles. The number of hydrogen-bond acceptors (Lipinski definition) is 5. The van der Waals surface area contributed by atoms with Gasteiger partial charge in [0.15, 0.2) is 11.4 Å². The highest BCUT2D eigenvalue weighted by atomic mass is 19.1. The van der Waals surface area contributed by atoms with Crippen molar-refractivity contribution >= 4 is 11.8 Å². The third kappa shape index (κ3) is 4.37. The van der Waals surface area contributed by atoms with Gasteiger partial charge in [0.05, 0.1) is 6.20 Å². The number of carbonyl (C=O) groups is 2. The van der Waals surface area contributed by atoms with Gasteiger partial charge in [0, 0.05) is 18.7 Å². The molecule has 1 unspecified atom stereocenters. The summed E-state index contributed by atoms with van der Waals surface area (Å²) in [7, 11) is 0. The maximum atomic E-state index is 13.4. The van der Waals surface area contributed by atoms with Crippen LogP contribution in [0.15, 0.2) is 67.1 Å². The van der Waals surface area contributed by atoms with Crippen molar-refractivity contribution in [2.24, 2.45) is 0 Å². The summed E-state index contributed by atoms with van der Waals surface area (Å²) in [5, 5.41) is 10.1. The summed E-state index contributed by atoms with van der Waals surface area (Å²) in [4.78, 5) is 37.4. The number of hydrogen-bond donors (Lipinski definition) is 1. The zero-order chi connectivity index (χ0) is 21.8. The Morgan fingerprint density at radius 1 is 1.13 bits per heavy atom. The zero-order valence-electron chi connectivity index (χ0n) is 16.7. The van der Waals surface area contributed by atoms with E-state index < -0.39 is 12.1 Å². The number of nitrogens with zero attached hydrogens (tertiary/aromatic N) is 4. The highest BCUT2D eigenvalue weighted by molar-refractivity contribution is 5.97. The quantitative estimate of drug-likeness (QED) is 0.685. The molecule has 0 bridgehead atoms. The summed E-state index contributed by atoms with van der Waals surface area (Å²) in [6.45, 7) is 0.632. The SMILES string of the molecule is O=C(c1ccccc1)N1CCCC1N(Cc1ccc(F)cc1)C(=O)c1ncncc1O. The molecule has 4 rings (SSSR count). The van der Waals surface area contributed by atoms with E-state index >= 15 is 0 Å². The largest absolute Gasteiger partial charge is 0.504 e. The molecular weight excluding hydrogens is 399 g/mol. The van der Waals surface area contributed by atoms with E-state index in [2.05, 4.69) is 9.97 Å². The summed E-state index contributed by atoms with van der Waals surface area (Å²) < 4.78 is 13.4. The Bertz CT molecular complexity index is 1080. The number of rotatable bonds is 5. The second kappa shape index (κ2) is 8.91. The minimum Gasteiger partial charge on any atom is -0.504 e. The lowest BCUT2D eigenvalue weighted by molar-refractivity contribution is 0.0356. The minimum atomic E-state index is -0.528. The Morgan fingerprint density at radius 3 is 2.58 bits per heavy atom. The van der Waals surface area contributed by atoms with Crippen LogP contribution in [0.1, 0.15) is 39.3 Å². The van der Waals surface area contributed by atoms with Gasteiger partial charge in [-0.15, -0.1) is 0 Å². The molecule has 1 atom stereocenters. The van der Waals surface area contributed by atoms with Crippen molar-refractivity contribution in [3.63, 3.8) is 0 Å². The van der Waals surface area contributed by atoms with E-state index in [0.29, 0.717) is 24.1 Å². The van der Waals surface area contributed by atoms with Gasteiger partial charge in [-0.1, -0.05) is 30.3 Å². The molecule has 2 amide bonds. The number of halogens is 1. The van der Waals surface area contributed by atoms with Gasteiger partial charge in [-0.05, 0) is 42.7 Å². The van der Waals surface area contributed by atoms with Gasteiger partial charge in [-0.2, -0.15) is 0 Å². The molecule has 7 nitrogen and oxygen atoms in total. The lowest BCUT2D eigenvalue weighted by Gasteiger charge is -2.35. The summed E-state index contributed by atoms with van der Waals surface area (Å²) in [6, 6.07) is 14.7. The molecule has 3 aromatic rings. The predicted octanol–water partition coefficient (Wildman–Crippen LogP) is 3.23. The zero-order valence-corrected chi connectivity index (χ0v) is 16.7. The monoisotopic (exact) mass is 420 g/mol. The Balaban J connectivity index is 1.68. The Morgan fingerprint density at radius 2 is 1.87 bits per heavy atom. The van der Waals surface area contributed by atoms with Crippen LogP contribution in [0.5, 0.6) is 5.75 Å². The molecule has 2 heterocycles. The molecule has 1 aromatic heterocycles. The van der Waals surface area contributed by atoms with Crippen LogP contribution in [-0.4, -0.2) is 49.4 Å². The molecule has 1 aliphatic rings. The van der Waals surface area contributed by atoms with E-state index in [-0.39, 0.29) is 29.7 Å². The van der Waals surface area contributed by atoms with Crippen molar-refractivity contribution in [3.8, 4) is 5.75 Å². The van der Waals surface area contributed by atoms with Crippen molar-refractivity contribution in [1.29, 1.82) is 0 Å². The van der Waals surface area contributed by atoms with E-state index in [1.165, 1.54) is 23.4 Å². The molecule has 0 aliphatic carbocycles. The normalized spacial score (nSPS) is 15.6. The fourth-order valence-corrected chi connectivity index (χ4v) is 3.78. The number of benzene rings is 2. The standard InChI is InChI=1S/C23H21FN4O3/c24-18-10-8-16(9-11-18)14-28(23(31)21-19(29)13-25-15-26-21)20-7-4-12-27(20)22(30)17-5-2-1-3-6-17/h1-3,5-6,8-11,13,15,20,29H,4,7,12,14H2. The summed E-state index contributed by atoms with van der Waals surface area (Å²) in [6.07, 6.45) is 3.12. The van der Waals surface area contributed by atoms with Crippen LogP contribution >= 0.6 is 0 Å². The minimum absolute atomic E-state index is 0.131. The van der Waals surface area contributed by atoms with Gasteiger partial charge < -0.3 is 14.9 Å². The molecule has 2 aromatic carbocycles. The molecule has 1 N–H and O–H groups in total. The highest BCUT2D eigenvalue weighted by Crippen LogP contribution is 2.27. The van der Waals surface area contributed by atoms with Gasteiger partial charge in [-0.25, -0.2) is 14.4 Å². The third-order valence-electron chi connectivity index (χ3n) is 5.29. The molecule has 0 saturated carbocycles.